The highest BCUT2D eigenvalue weighted by Gasteiger charge is 2.08. The van der Waals surface area contributed by atoms with E-state index in [0.717, 1.165) is 12.0 Å². The van der Waals surface area contributed by atoms with E-state index >= 15 is 0 Å². The van der Waals surface area contributed by atoms with E-state index in [9.17, 15) is 4.79 Å². The van der Waals surface area contributed by atoms with Crippen LogP contribution in [0, 0.1) is 0 Å². The van der Waals surface area contributed by atoms with E-state index in [1.165, 1.54) is 0 Å². The number of carbonyl (C=O) groups excluding carboxylic acids is 1. The van der Waals surface area contributed by atoms with Crippen molar-refractivity contribution in [2.75, 3.05) is 6.54 Å². The third-order valence-corrected chi connectivity index (χ3v) is 2.31. The van der Waals surface area contributed by atoms with Gasteiger partial charge in [-0.3, -0.25) is 0 Å². The van der Waals surface area contributed by atoms with Crippen LogP contribution in [0.3, 0.4) is 0 Å². The maximum Gasteiger partial charge on any atom is 0.407 e. The van der Waals surface area contributed by atoms with Gasteiger partial charge < -0.3 is 15.8 Å². The highest BCUT2D eigenvalue weighted by Crippen LogP contribution is 2.00. The van der Waals surface area contributed by atoms with Gasteiger partial charge in [0, 0.05) is 12.6 Å². The minimum absolute atomic E-state index is 0. The normalized spacial score (nSPS) is 11.2. The molecule has 0 aliphatic heterocycles. The summed E-state index contributed by atoms with van der Waals surface area (Å²) < 4.78 is 5.06. The van der Waals surface area contributed by atoms with Crippen LogP contribution in [0.4, 0.5) is 4.79 Å². The molecule has 3 N–H and O–H groups in total. The van der Waals surface area contributed by atoms with E-state index in [2.05, 4.69) is 5.32 Å². The Kier molecular flexibility index (Phi) is 8.19. The topological polar surface area (TPSA) is 64.3 Å². The Hall–Kier alpha value is -1.26. The van der Waals surface area contributed by atoms with E-state index in [1.54, 1.807) is 0 Å². The van der Waals surface area contributed by atoms with Gasteiger partial charge in [-0.2, -0.15) is 0 Å². The second-order valence-electron chi connectivity index (χ2n) is 3.55. The van der Waals surface area contributed by atoms with Gasteiger partial charge in [0.1, 0.15) is 6.61 Å². The lowest BCUT2D eigenvalue weighted by molar-refractivity contribution is 0.135. The van der Waals surface area contributed by atoms with Crippen LogP contribution >= 0.6 is 12.4 Å². The lowest BCUT2D eigenvalue weighted by Gasteiger charge is -2.14. The molecule has 0 aliphatic rings. The number of halogens is 1. The molecule has 4 nitrogen and oxygen atoms in total. The number of rotatable bonds is 5. The zero-order chi connectivity index (χ0) is 11.8. The largest absolute Gasteiger partial charge is 0.445 e. The minimum atomic E-state index is -0.416. The Bertz CT molecular complexity index is 316. The molecule has 0 saturated carbocycles. The summed E-state index contributed by atoms with van der Waals surface area (Å²) in [5, 5.41) is 2.70. The Balaban J connectivity index is 0.00000256. The summed E-state index contributed by atoms with van der Waals surface area (Å²) in [4.78, 5) is 11.4. The Morgan fingerprint density at radius 2 is 2.06 bits per heavy atom. The third kappa shape index (κ3) is 6.14. The molecular formula is C12H19ClN2O2. The molecule has 0 fully saturated rings. The Morgan fingerprint density at radius 3 is 2.59 bits per heavy atom. The summed E-state index contributed by atoms with van der Waals surface area (Å²) in [7, 11) is 0. The first-order valence-corrected chi connectivity index (χ1v) is 5.43. The van der Waals surface area contributed by atoms with Crippen molar-refractivity contribution < 1.29 is 9.53 Å². The molecule has 0 bridgehead atoms. The van der Waals surface area contributed by atoms with Gasteiger partial charge in [-0.05, 0) is 12.0 Å². The maximum atomic E-state index is 11.4. The van der Waals surface area contributed by atoms with Crippen molar-refractivity contribution in [1.82, 2.24) is 5.32 Å². The van der Waals surface area contributed by atoms with E-state index in [4.69, 9.17) is 10.5 Å². The van der Waals surface area contributed by atoms with Crippen LogP contribution in [0.1, 0.15) is 18.9 Å². The molecule has 1 unspecified atom stereocenters. The average Bonchev–Trinajstić information content (AvgIpc) is 2.34. The SMILES string of the molecule is CCC(CN)NC(=O)OCc1ccccc1.Cl. The lowest BCUT2D eigenvalue weighted by atomic mass is 10.2. The van der Waals surface area contributed by atoms with Gasteiger partial charge in [-0.15, -0.1) is 12.4 Å². The van der Waals surface area contributed by atoms with Crippen LogP contribution in [0.2, 0.25) is 0 Å². The maximum absolute atomic E-state index is 11.4. The second-order valence-corrected chi connectivity index (χ2v) is 3.55. The molecule has 1 aromatic carbocycles. The fraction of sp³-hybridized carbons (Fsp3) is 0.417. The number of nitrogens with one attached hydrogen (secondary N) is 1. The number of hydrogen-bond donors (Lipinski definition) is 2. The first-order chi connectivity index (χ1) is 7.76. The van der Waals surface area contributed by atoms with E-state index in [0.29, 0.717) is 6.54 Å². The molecule has 5 heteroatoms. The van der Waals surface area contributed by atoms with Crippen LogP contribution < -0.4 is 11.1 Å². The van der Waals surface area contributed by atoms with Gasteiger partial charge in [0.25, 0.3) is 0 Å². The van der Waals surface area contributed by atoms with E-state index in [-0.39, 0.29) is 25.1 Å². The number of carbonyl (C=O) groups is 1. The van der Waals surface area contributed by atoms with Crippen LogP contribution in [0.25, 0.3) is 0 Å². The molecule has 0 heterocycles. The molecule has 1 aromatic rings. The Morgan fingerprint density at radius 1 is 1.41 bits per heavy atom. The molecule has 17 heavy (non-hydrogen) atoms. The van der Waals surface area contributed by atoms with Gasteiger partial charge in [0.2, 0.25) is 0 Å². The average molecular weight is 259 g/mol. The smallest absolute Gasteiger partial charge is 0.407 e. The predicted octanol–water partition coefficient (Wildman–Crippen LogP) is 2.07. The van der Waals surface area contributed by atoms with E-state index in [1.807, 2.05) is 37.3 Å². The highest BCUT2D eigenvalue weighted by atomic mass is 35.5. The van der Waals surface area contributed by atoms with Crippen LogP contribution in [0.15, 0.2) is 30.3 Å². The zero-order valence-electron chi connectivity index (χ0n) is 9.89. The first kappa shape index (κ1) is 15.7. The Labute approximate surface area is 108 Å². The van der Waals surface area contributed by atoms with Crippen LogP contribution in [0.5, 0.6) is 0 Å². The summed E-state index contributed by atoms with van der Waals surface area (Å²) in [6, 6.07) is 9.55. The lowest BCUT2D eigenvalue weighted by Crippen LogP contribution is -2.39. The van der Waals surface area contributed by atoms with Crippen molar-refractivity contribution in [1.29, 1.82) is 0 Å². The molecule has 0 aromatic heterocycles. The van der Waals surface area contributed by atoms with E-state index < -0.39 is 6.09 Å². The number of amides is 1. The predicted molar refractivity (Wildman–Crippen MR) is 70.1 cm³/mol. The first-order valence-electron chi connectivity index (χ1n) is 5.43. The summed E-state index contributed by atoms with van der Waals surface area (Å²) in [6.07, 6.45) is 0.387. The number of alkyl carbamates (subject to hydrolysis) is 1. The van der Waals surface area contributed by atoms with Gasteiger partial charge >= 0.3 is 6.09 Å². The summed E-state index contributed by atoms with van der Waals surface area (Å²) in [5.74, 6) is 0. The molecule has 0 spiro atoms. The minimum Gasteiger partial charge on any atom is -0.445 e. The van der Waals surface area contributed by atoms with Crippen LogP contribution in [-0.2, 0) is 11.3 Å². The monoisotopic (exact) mass is 258 g/mol. The number of hydrogen-bond acceptors (Lipinski definition) is 3. The molecule has 0 radical (unpaired) electrons. The summed E-state index contributed by atoms with van der Waals surface area (Å²) in [5.41, 5.74) is 6.44. The third-order valence-electron chi connectivity index (χ3n) is 2.31. The van der Waals surface area contributed by atoms with Gasteiger partial charge in [-0.1, -0.05) is 37.3 Å². The van der Waals surface area contributed by atoms with Crippen molar-refractivity contribution in [3.05, 3.63) is 35.9 Å². The molecule has 0 aliphatic carbocycles. The van der Waals surface area contributed by atoms with Crippen LogP contribution in [-0.4, -0.2) is 18.7 Å². The fourth-order valence-corrected chi connectivity index (χ4v) is 1.26. The molecular weight excluding hydrogens is 240 g/mol. The standard InChI is InChI=1S/C12H18N2O2.ClH/c1-2-11(8-13)14-12(15)16-9-10-6-4-3-5-7-10;/h3-7,11H,2,8-9,13H2,1H3,(H,14,15);1H. The van der Waals surface area contributed by atoms with Crippen molar-refractivity contribution in [2.45, 2.75) is 26.0 Å². The number of nitrogens with two attached hydrogens (primary N) is 1. The summed E-state index contributed by atoms with van der Waals surface area (Å²) in [6.45, 7) is 2.68. The second kappa shape index (κ2) is 8.84. The van der Waals surface area contributed by atoms with Gasteiger partial charge in [0.15, 0.2) is 0 Å². The number of ether oxygens (including phenoxy) is 1. The van der Waals surface area contributed by atoms with Gasteiger partial charge in [-0.25, -0.2) is 4.79 Å². The molecule has 96 valence electrons. The highest BCUT2D eigenvalue weighted by molar-refractivity contribution is 5.85. The quantitative estimate of drug-likeness (QED) is 0.850. The molecule has 1 atom stereocenters. The van der Waals surface area contributed by atoms with Crippen molar-refractivity contribution in [2.24, 2.45) is 5.73 Å². The van der Waals surface area contributed by atoms with Crippen molar-refractivity contribution in [3.63, 3.8) is 0 Å². The molecule has 1 amide bonds. The molecule has 1 rings (SSSR count). The van der Waals surface area contributed by atoms with Crippen molar-refractivity contribution in [3.8, 4) is 0 Å². The zero-order valence-corrected chi connectivity index (χ0v) is 10.7. The molecule has 0 saturated heterocycles. The summed E-state index contributed by atoms with van der Waals surface area (Å²) >= 11 is 0. The van der Waals surface area contributed by atoms with Crippen molar-refractivity contribution >= 4 is 18.5 Å². The fourth-order valence-electron chi connectivity index (χ4n) is 1.26. The number of benzene rings is 1. The van der Waals surface area contributed by atoms with Gasteiger partial charge in [0.05, 0.1) is 0 Å².